The Labute approximate surface area is 50.5 Å². The van der Waals surface area contributed by atoms with Crippen LogP contribution in [0.4, 0.5) is 0 Å². The van der Waals surface area contributed by atoms with Gasteiger partial charge in [-0.2, -0.15) is 0 Å². The van der Waals surface area contributed by atoms with E-state index in [1.807, 2.05) is 24.3 Å². The molecule has 0 spiro atoms. The van der Waals surface area contributed by atoms with Crippen molar-refractivity contribution in [3.8, 4) is 0 Å². The van der Waals surface area contributed by atoms with Gasteiger partial charge in [0, 0.05) is 10.8 Å². The Bertz CT molecular complexity index is 161. The SMILES string of the molecule is O=S1C2C=CC1C=C2. The van der Waals surface area contributed by atoms with E-state index < -0.39 is 10.8 Å². The van der Waals surface area contributed by atoms with Crippen LogP contribution in [0.3, 0.4) is 0 Å². The topological polar surface area (TPSA) is 17.1 Å². The lowest BCUT2D eigenvalue weighted by Crippen LogP contribution is -2.04. The van der Waals surface area contributed by atoms with Crippen LogP contribution in [0.1, 0.15) is 0 Å². The van der Waals surface area contributed by atoms with Crippen LogP contribution in [0.5, 0.6) is 0 Å². The highest BCUT2D eigenvalue weighted by molar-refractivity contribution is 7.87. The monoisotopic (exact) mass is 126 g/mol. The van der Waals surface area contributed by atoms with Crippen molar-refractivity contribution in [1.29, 1.82) is 0 Å². The lowest BCUT2D eigenvalue weighted by Gasteiger charge is -1.92. The smallest absolute Gasteiger partial charge is 0.0718 e. The summed E-state index contributed by atoms with van der Waals surface area (Å²) in [5.41, 5.74) is 0. The molecule has 0 unspecified atom stereocenters. The second-order valence-corrected chi connectivity index (χ2v) is 3.77. The summed E-state index contributed by atoms with van der Waals surface area (Å²) in [7, 11) is -0.623. The quantitative estimate of drug-likeness (QED) is 0.435. The van der Waals surface area contributed by atoms with Crippen LogP contribution >= 0.6 is 0 Å². The van der Waals surface area contributed by atoms with Crippen molar-refractivity contribution in [3.05, 3.63) is 24.3 Å². The van der Waals surface area contributed by atoms with E-state index in [0.717, 1.165) is 0 Å². The number of rotatable bonds is 0. The molecule has 2 heterocycles. The summed E-state index contributed by atoms with van der Waals surface area (Å²) in [6.45, 7) is 0. The first-order chi connectivity index (χ1) is 3.88. The lowest BCUT2D eigenvalue weighted by molar-refractivity contribution is 0.684. The Balaban J connectivity index is 2.48. The first kappa shape index (κ1) is 4.50. The maximum Gasteiger partial charge on any atom is 0.0718 e. The summed E-state index contributed by atoms with van der Waals surface area (Å²) in [6, 6.07) is 0. The van der Waals surface area contributed by atoms with Crippen molar-refractivity contribution in [2.24, 2.45) is 0 Å². The molecule has 0 N–H and O–H groups in total. The van der Waals surface area contributed by atoms with Gasteiger partial charge >= 0.3 is 0 Å². The standard InChI is InChI=1S/C6H6OS/c7-8-5-1-2-6(8)4-3-5/h1-6H. The Hall–Kier alpha value is -0.370. The lowest BCUT2D eigenvalue weighted by atomic mass is 10.2. The molecule has 1 nitrogen and oxygen atoms in total. The van der Waals surface area contributed by atoms with E-state index in [9.17, 15) is 4.21 Å². The minimum atomic E-state index is -0.623. The van der Waals surface area contributed by atoms with E-state index in [1.54, 1.807) is 0 Å². The van der Waals surface area contributed by atoms with Crippen molar-refractivity contribution in [2.45, 2.75) is 10.5 Å². The molecule has 0 aliphatic carbocycles. The highest BCUT2D eigenvalue weighted by Crippen LogP contribution is 2.24. The highest BCUT2D eigenvalue weighted by atomic mass is 32.2. The molecule has 0 aromatic rings. The molecule has 0 radical (unpaired) electrons. The summed E-state index contributed by atoms with van der Waals surface area (Å²) >= 11 is 0. The van der Waals surface area contributed by atoms with Crippen molar-refractivity contribution in [2.75, 3.05) is 0 Å². The first-order valence-corrected chi connectivity index (χ1v) is 3.91. The molecule has 2 aliphatic rings. The predicted molar refractivity (Wildman–Crippen MR) is 34.0 cm³/mol. The molecule has 0 atom stereocenters. The van der Waals surface area contributed by atoms with Gasteiger partial charge in [0.05, 0.1) is 10.5 Å². The van der Waals surface area contributed by atoms with Crippen LogP contribution < -0.4 is 0 Å². The third kappa shape index (κ3) is 0.388. The maximum atomic E-state index is 11.0. The van der Waals surface area contributed by atoms with E-state index in [4.69, 9.17) is 0 Å². The highest BCUT2D eigenvalue weighted by Gasteiger charge is 2.28. The maximum absolute atomic E-state index is 11.0. The average molecular weight is 126 g/mol. The molecular weight excluding hydrogens is 120 g/mol. The van der Waals surface area contributed by atoms with Gasteiger partial charge in [0.2, 0.25) is 0 Å². The van der Waals surface area contributed by atoms with Crippen molar-refractivity contribution in [1.82, 2.24) is 0 Å². The van der Waals surface area contributed by atoms with Crippen molar-refractivity contribution in [3.63, 3.8) is 0 Å². The zero-order valence-corrected chi connectivity index (χ0v) is 5.10. The predicted octanol–water partition coefficient (Wildman–Crippen LogP) is 0.612. The number of fused-ring (bicyclic) bond motifs is 2. The molecule has 0 saturated heterocycles. The molecule has 0 aromatic heterocycles. The van der Waals surface area contributed by atoms with E-state index in [-0.39, 0.29) is 10.5 Å². The Morgan fingerprint density at radius 2 is 1.38 bits per heavy atom. The fraction of sp³-hybridized carbons (Fsp3) is 0.333. The molecule has 8 heavy (non-hydrogen) atoms. The molecule has 0 saturated carbocycles. The van der Waals surface area contributed by atoms with Crippen molar-refractivity contribution >= 4 is 10.8 Å². The van der Waals surface area contributed by atoms with Gasteiger partial charge in [-0.25, -0.2) is 0 Å². The van der Waals surface area contributed by atoms with Crippen LogP contribution in [0.25, 0.3) is 0 Å². The molecular formula is C6H6OS. The fourth-order valence-corrected chi connectivity index (χ4v) is 2.40. The minimum Gasteiger partial charge on any atom is -0.258 e. The van der Waals surface area contributed by atoms with Crippen LogP contribution in [0, 0.1) is 0 Å². The van der Waals surface area contributed by atoms with Gasteiger partial charge < -0.3 is 0 Å². The molecule has 42 valence electrons. The second-order valence-electron chi connectivity index (χ2n) is 2.03. The molecule has 2 bridgehead atoms. The minimum absolute atomic E-state index is 0.250. The van der Waals surface area contributed by atoms with Gasteiger partial charge in [0.15, 0.2) is 0 Å². The molecule has 2 aliphatic heterocycles. The molecule has 0 aromatic carbocycles. The van der Waals surface area contributed by atoms with Gasteiger partial charge in [-0.3, -0.25) is 4.21 Å². The summed E-state index contributed by atoms with van der Waals surface area (Å²) < 4.78 is 11.0. The fourth-order valence-electron chi connectivity index (χ4n) is 1.06. The third-order valence-corrected chi connectivity index (χ3v) is 3.22. The van der Waals surface area contributed by atoms with E-state index in [0.29, 0.717) is 0 Å². The molecule has 2 rings (SSSR count). The Kier molecular flexibility index (Phi) is 0.742. The van der Waals surface area contributed by atoms with E-state index in [1.165, 1.54) is 0 Å². The summed E-state index contributed by atoms with van der Waals surface area (Å²) in [6.07, 6.45) is 8.06. The summed E-state index contributed by atoms with van der Waals surface area (Å²) in [4.78, 5) is 0. The number of hydrogen-bond donors (Lipinski definition) is 0. The van der Waals surface area contributed by atoms with Crippen LogP contribution in [0.2, 0.25) is 0 Å². The second kappa shape index (κ2) is 1.32. The molecule has 2 heteroatoms. The average Bonchev–Trinajstić information content (AvgIpc) is 2.29. The summed E-state index contributed by atoms with van der Waals surface area (Å²) in [5.74, 6) is 0. The van der Waals surface area contributed by atoms with Gasteiger partial charge in [0.25, 0.3) is 0 Å². The summed E-state index contributed by atoms with van der Waals surface area (Å²) in [5, 5.41) is 0.500. The Morgan fingerprint density at radius 1 is 1.00 bits per heavy atom. The zero-order valence-electron chi connectivity index (χ0n) is 4.28. The van der Waals surface area contributed by atoms with Gasteiger partial charge in [-0.15, -0.1) is 0 Å². The number of hydrogen-bond acceptors (Lipinski definition) is 1. The van der Waals surface area contributed by atoms with Crippen LogP contribution in [-0.2, 0) is 10.8 Å². The first-order valence-electron chi connectivity index (χ1n) is 2.64. The van der Waals surface area contributed by atoms with Gasteiger partial charge in [-0.05, 0) is 0 Å². The van der Waals surface area contributed by atoms with Gasteiger partial charge in [-0.1, -0.05) is 24.3 Å². The van der Waals surface area contributed by atoms with E-state index in [2.05, 4.69) is 0 Å². The van der Waals surface area contributed by atoms with Gasteiger partial charge in [0.1, 0.15) is 0 Å². The van der Waals surface area contributed by atoms with Crippen LogP contribution in [0.15, 0.2) is 24.3 Å². The van der Waals surface area contributed by atoms with Crippen molar-refractivity contribution < 1.29 is 4.21 Å². The normalized spacial score (nSPS) is 48.8. The molecule has 0 amide bonds. The van der Waals surface area contributed by atoms with Crippen LogP contribution in [-0.4, -0.2) is 14.7 Å². The third-order valence-electron chi connectivity index (χ3n) is 1.52. The van der Waals surface area contributed by atoms with E-state index >= 15 is 0 Å². The Morgan fingerprint density at radius 3 is 1.50 bits per heavy atom. The molecule has 0 fully saturated rings. The largest absolute Gasteiger partial charge is 0.258 e. The zero-order chi connectivity index (χ0) is 5.56.